The Morgan fingerprint density at radius 2 is 2.10 bits per heavy atom. The number of carboxylic acid groups (broad SMARTS) is 1. The number of aliphatic carboxylic acids is 1. The molecule has 2 atom stereocenters. The van der Waals surface area contributed by atoms with Crippen molar-refractivity contribution in [2.24, 2.45) is 5.92 Å². The minimum absolute atomic E-state index is 0.0116. The molecule has 6 nitrogen and oxygen atoms in total. The molecule has 2 saturated heterocycles. The highest BCUT2D eigenvalue weighted by atomic mass is 16.4. The van der Waals surface area contributed by atoms with Crippen LogP contribution < -0.4 is 0 Å². The normalized spacial score (nSPS) is 30.1. The first-order valence-electron chi connectivity index (χ1n) is 7.29. The number of nitrogens with zero attached hydrogens (tertiary/aromatic N) is 2. The average Bonchev–Trinajstić information content (AvgIpc) is 3.01. The molecule has 112 valence electrons. The molecule has 2 aliphatic heterocycles. The van der Waals surface area contributed by atoms with E-state index in [9.17, 15) is 19.5 Å². The zero-order valence-electron chi connectivity index (χ0n) is 12.1. The van der Waals surface area contributed by atoms with Crippen molar-refractivity contribution in [1.29, 1.82) is 0 Å². The molecule has 2 aliphatic rings. The Kier molecular flexibility index (Phi) is 4.01. The molecule has 2 fully saturated rings. The van der Waals surface area contributed by atoms with Crippen molar-refractivity contribution in [2.75, 3.05) is 19.6 Å². The summed E-state index contributed by atoms with van der Waals surface area (Å²) in [6.07, 6.45) is 1.83. The molecule has 0 bridgehead atoms. The minimum Gasteiger partial charge on any atom is -0.479 e. The van der Waals surface area contributed by atoms with Crippen LogP contribution in [0, 0.1) is 5.92 Å². The zero-order valence-corrected chi connectivity index (χ0v) is 12.1. The predicted molar refractivity (Wildman–Crippen MR) is 72.0 cm³/mol. The van der Waals surface area contributed by atoms with E-state index in [0.717, 1.165) is 0 Å². The lowest BCUT2D eigenvalue weighted by Gasteiger charge is -2.35. The van der Waals surface area contributed by atoms with Gasteiger partial charge in [0.2, 0.25) is 11.8 Å². The molecule has 0 saturated carbocycles. The molecule has 2 unspecified atom stereocenters. The summed E-state index contributed by atoms with van der Waals surface area (Å²) in [4.78, 5) is 39.1. The van der Waals surface area contributed by atoms with Gasteiger partial charge in [-0.1, -0.05) is 6.92 Å². The van der Waals surface area contributed by atoms with Crippen molar-refractivity contribution in [3.63, 3.8) is 0 Å². The van der Waals surface area contributed by atoms with Crippen LogP contribution >= 0.6 is 0 Å². The molecule has 2 amide bonds. The van der Waals surface area contributed by atoms with Gasteiger partial charge in [0.05, 0.1) is 5.92 Å². The van der Waals surface area contributed by atoms with Crippen molar-refractivity contribution >= 4 is 17.8 Å². The maximum atomic E-state index is 12.6. The third kappa shape index (κ3) is 2.17. The fourth-order valence-corrected chi connectivity index (χ4v) is 3.40. The van der Waals surface area contributed by atoms with Gasteiger partial charge in [0.1, 0.15) is 5.54 Å². The lowest BCUT2D eigenvalue weighted by atomic mass is 9.91. The van der Waals surface area contributed by atoms with Crippen LogP contribution in [0.1, 0.15) is 39.5 Å². The highest BCUT2D eigenvalue weighted by Crippen LogP contribution is 2.35. The summed E-state index contributed by atoms with van der Waals surface area (Å²) in [5.74, 6) is -1.49. The molecule has 0 aromatic heterocycles. The van der Waals surface area contributed by atoms with Gasteiger partial charge in [-0.25, -0.2) is 4.79 Å². The summed E-state index contributed by atoms with van der Waals surface area (Å²) in [5.41, 5.74) is -1.07. The van der Waals surface area contributed by atoms with Crippen LogP contribution in [0.5, 0.6) is 0 Å². The van der Waals surface area contributed by atoms with E-state index in [1.165, 1.54) is 4.90 Å². The molecule has 20 heavy (non-hydrogen) atoms. The van der Waals surface area contributed by atoms with Crippen molar-refractivity contribution in [3.8, 4) is 0 Å². The Balaban J connectivity index is 2.17. The summed E-state index contributed by atoms with van der Waals surface area (Å²) in [6.45, 7) is 5.19. The molecule has 0 radical (unpaired) electrons. The Bertz CT molecular complexity index is 437. The maximum Gasteiger partial charge on any atom is 0.329 e. The molecule has 2 rings (SSSR count). The van der Waals surface area contributed by atoms with Crippen LogP contribution in [0.2, 0.25) is 0 Å². The SMILES string of the molecule is CCN1CC(C(=O)N2CCCC2(CC)C(=O)O)CC1=O. The summed E-state index contributed by atoms with van der Waals surface area (Å²) < 4.78 is 0. The molecule has 0 spiro atoms. The van der Waals surface area contributed by atoms with Gasteiger partial charge in [-0.3, -0.25) is 9.59 Å². The fourth-order valence-electron chi connectivity index (χ4n) is 3.40. The van der Waals surface area contributed by atoms with Crippen molar-refractivity contribution < 1.29 is 19.5 Å². The summed E-state index contributed by atoms with van der Waals surface area (Å²) >= 11 is 0. The largest absolute Gasteiger partial charge is 0.479 e. The van der Waals surface area contributed by atoms with Crippen LogP contribution in [0.25, 0.3) is 0 Å². The lowest BCUT2D eigenvalue weighted by molar-refractivity contribution is -0.158. The summed E-state index contributed by atoms with van der Waals surface area (Å²) in [7, 11) is 0. The number of carbonyl (C=O) groups is 3. The topological polar surface area (TPSA) is 77.9 Å². The van der Waals surface area contributed by atoms with Crippen LogP contribution in [0.3, 0.4) is 0 Å². The molecule has 0 aliphatic carbocycles. The molecule has 0 aromatic rings. The van der Waals surface area contributed by atoms with Crippen molar-refractivity contribution in [1.82, 2.24) is 9.80 Å². The van der Waals surface area contributed by atoms with Gasteiger partial charge < -0.3 is 14.9 Å². The monoisotopic (exact) mass is 282 g/mol. The van der Waals surface area contributed by atoms with Crippen LogP contribution in [0.15, 0.2) is 0 Å². The Hall–Kier alpha value is -1.59. The van der Waals surface area contributed by atoms with Gasteiger partial charge in [-0.15, -0.1) is 0 Å². The molecule has 0 aromatic carbocycles. The second kappa shape index (κ2) is 5.42. The lowest BCUT2D eigenvalue weighted by Crippen LogP contribution is -2.54. The fraction of sp³-hybridized carbons (Fsp3) is 0.786. The number of carbonyl (C=O) groups excluding carboxylic acids is 2. The van der Waals surface area contributed by atoms with E-state index in [1.54, 1.807) is 11.8 Å². The number of hydrogen-bond donors (Lipinski definition) is 1. The van der Waals surface area contributed by atoms with E-state index in [-0.39, 0.29) is 24.2 Å². The van der Waals surface area contributed by atoms with Crippen molar-refractivity contribution in [2.45, 2.75) is 45.1 Å². The van der Waals surface area contributed by atoms with E-state index in [4.69, 9.17) is 0 Å². The quantitative estimate of drug-likeness (QED) is 0.823. The standard InChI is InChI=1S/C14H22N2O4/c1-3-14(13(19)20)6-5-7-16(14)12(18)10-8-11(17)15(4-2)9-10/h10H,3-9H2,1-2H3,(H,19,20). The number of rotatable bonds is 4. The number of amides is 2. The first-order valence-corrected chi connectivity index (χ1v) is 7.29. The zero-order chi connectivity index (χ0) is 14.9. The van der Waals surface area contributed by atoms with Gasteiger partial charge in [-0.05, 0) is 26.2 Å². The number of carboxylic acids is 1. The van der Waals surface area contributed by atoms with E-state index in [1.807, 2.05) is 6.92 Å². The molecule has 2 heterocycles. The molecular formula is C14H22N2O4. The highest BCUT2D eigenvalue weighted by molar-refractivity contribution is 5.93. The van der Waals surface area contributed by atoms with Gasteiger partial charge >= 0.3 is 5.97 Å². The second-order valence-corrected chi connectivity index (χ2v) is 5.62. The molecule has 1 N–H and O–H groups in total. The first kappa shape index (κ1) is 14.8. The number of likely N-dealkylation sites (tertiary alicyclic amines) is 2. The predicted octanol–water partition coefficient (Wildman–Crippen LogP) is 0.711. The molecular weight excluding hydrogens is 260 g/mol. The Morgan fingerprint density at radius 1 is 1.40 bits per heavy atom. The van der Waals surface area contributed by atoms with Gasteiger partial charge in [0.25, 0.3) is 0 Å². The van der Waals surface area contributed by atoms with Crippen LogP contribution in [0.4, 0.5) is 0 Å². The van der Waals surface area contributed by atoms with E-state index >= 15 is 0 Å². The summed E-state index contributed by atoms with van der Waals surface area (Å²) in [5, 5.41) is 9.50. The van der Waals surface area contributed by atoms with Crippen LogP contribution in [-0.4, -0.2) is 57.9 Å². The maximum absolute atomic E-state index is 12.6. The van der Waals surface area contributed by atoms with Crippen LogP contribution in [-0.2, 0) is 14.4 Å². The first-order chi connectivity index (χ1) is 9.46. The third-order valence-electron chi connectivity index (χ3n) is 4.68. The van der Waals surface area contributed by atoms with E-state index in [2.05, 4.69) is 0 Å². The second-order valence-electron chi connectivity index (χ2n) is 5.62. The summed E-state index contributed by atoms with van der Waals surface area (Å²) in [6, 6.07) is 0. The third-order valence-corrected chi connectivity index (χ3v) is 4.68. The highest BCUT2D eigenvalue weighted by Gasteiger charge is 2.50. The van der Waals surface area contributed by atoms with E-state index in [0.29, 0.717) is 38.9 Å². The van der Waals surface area contributed by atoms with Crippen molar-refractivity contribution in [3.05, 3.63) is 0 Å². The van der Waals surface area contributed by atoms with Gasteiger partial charge in [0, 0.05) is 26.1 Å². The Morgan fingerprint density at radius 3 is 2.60 bits per heavy atom. The molecule has 6 heteroatoms. The van der Waals surface area contributed by atoms with Gasteiger partial charge in [0.15, 0.2) is 0 Å². The van der Waals surface area contributed by atoms with E-state index < -0.39 is 11.5 Å². The smallest absolute Gasteiger partial charge is 0.329 e. The average molecular weight is 282 g/mol. The Labute approximate surface area is 118 Å². The minimum atomic E-state index is -1.07. The van der Waals surface area contributed by atoms with Gasteiger partial charge in [-0.2, -0.15) is 0 Å². The number of hydrogen-bond acceptors (Lipinski definition) is 3.